The molecule has 2 aromatic rings. The predicted molar refractivity (Wildman–Crippen MR) is 79.4 cm³/mol. The first kappa shape index (κ1) is 14.6. The molecule has 2 rings (SSSR count). The number of benzene rings is 2. The first-order valence-corrected chi connectivity index (χ1v) is 7.03. The van der Waals surface area contributed by atoms with Crippen molar-refractivity contribution in [3.63, 3.8) is 0 Å². The second kappa shape index (κ2) is 7.68. The molecule has 106 valence electrons. The third kappa shape index (κ3) is 4.37. The van der Waals surface area contributed by atoms with Crippen molar-refractivity contribution < 1.29 is 15.6 Å². The third-order valence-electron chi connectivity index (χ3n) is 3.20. The highest BCUT2D eigenvalue weighted by Gasteiger charge is 2.07. The fourth-order valence-electron chi connectivity index (χ4n) is 2.13. The predicted octanol–water partition coefficient (Wildman–Crippen LogP) is 1.97. The summed E-state index contributed by atoms with van der Waals surface area (Å²) in [6.07, 6.45) is 1.13. The van der Waals surface area contributed by atoms with Crippen LogP contribution in [-0.4, -0.2) is 18.3 Å². The molecule has 4 N–H and O–H groups in total. The molecule has 0 fully saturated rings. The monoisotopic (exact) mass is 272 g/mol. The molecule has 0 aliphatic carbocycles. The van der Waals surface area contributed by atoms with Crippen molar-refractivity contribution in [1.29, 1.82) is 0 Å². The number of ether oxygens (including phenoxy) is 1. The highest BCUT2D eigenvalue weighted by atomic mass is 16.5. The molecule has 0 saturated heterocycles. The lowest BCUT2D eigenvalue weighted by Crippen LogP contribution is -2.52. The van der Waals surface area contributed by atoms with E-state index in [2.05, 4.69) is 11.8 Å². The second-order valence-electron chi connectivity index (χ2n) is 4.81. The van der Waals surface area contributed by atoms with Gasteiger partial charge in [0.25, 0.3) is 0 Å². The Bertz CT molecular complexity index is 513. The van der Waals surface area contributed by atoms with Crippen molar-refractivity contribution in [2.24, 2.45) is 0 Å². The van der Waals surface area contributed by atoms with Crippen LogP contribution in [0, 0.1) is 0 Å². The summed E-state index contributed by atoms with van der Waals surface area (Å²) in [5.74, 6) is 0.875. The zero-order valence-corrected chi connectivity index (χ0v) is 11.7. The Morgan fingerprint density at radius 2 is 1.85 bits per heavy atom. The minimum absolute atomic E-state index is 0.416. The van der Waals surface area contributed by atoms with Gasteiger partial charge in [0.1, 0.15) is 18.9 Å². The Labute approximate surface area is 120 Å². The van der Waals surface area contributed by atoms with E-state index in [1.54, 1.807) is 0 Å². The molecule has 1 unspecified atom stereocenters. The maximum atomic E-state index is 10.2. The summed E-state index contributed by atoms with van der Waals surface area (Å²) in [7, 11) is 0. The Morgan fingerprint density at radius 3 is 2.60 bits per heavy atom. The number of aliphatic hydroxyl groups excluding tert-OH is 1. The quantitative estimate of drug-likeness (QED) is 0.809. The van der Waals surface area contributed by atoms with Crippen LogP contribution in [0.4, 0.5) is 0 Å². The SMILES string of the molecule is [NH3+]CCOc1cccc(CCC(O)c2ccccc2)c1. The van der Waals surface area contributed by atoms with E-state index in [0.717, 1.165) is 24.3 Å². The molecule has 0 bridgehead atoms. The van der Waals surface area contributed by atoms with Gasteiger partial charge < -0.3 is 15.6 Å². The summed E-state index contributed by atoms with van der Waals surface area (Å²) in [6.45, 7) is 1.40. The van der Waals surface area contributed by atoms with Gasteiger partial charge in [0.05, 0.1) is 6.10 Å². The van der Waals surface area contributed by atoms with Crippen LogP contribution < -0.4 is 10.5 Å². The Balaban J connectivity index is 1.90. The summed E-state index contributed by atoms with van der Waals surface area (Å²) in [5.41, 5.74) is 5.91. The molecular weight excluding hydrogens is 250 g/mol. The summed E-state index contributed by atoms with van der Waals surface area (Å²) >= 11 is 0. The zero-order valence-electron chi connectivity index (χ0n) is 11.7. The van der Waals surface area contributed by atoms with Crippen molar-refractivity contribution in [3.8, 4) is 5.75 Å². The van der Waals surface area contributed by atoms with Gasteiger partial charge in [0.15, 0.2) is 0 Å². The van der Waals surface area contributed by atoms with Crippen LogP contribution in [0.2, 0.25) is 0 Å². The number of rotatable bonds is 7. The minimum Gasteiger partial charge on any atom is -0.488 e. The Kier molecular flexibility index (Phi) is 5.59. The number of hydrogen-bond donors (Lipinski definition) is 2. The van der Waals surface area contributed by atoms with Crippen molar-refractivity contribution in [2.75, 3.05) is 13.2 Å². The molecule has 0 spiro atoms. The van der Waals surface area contributed by atoms with Crippen LogP contribution in [0.1, 0.15) is 23.7 Å². The minimum atomic E-state index is -0.416. The highest BCUT2D eigenvalue weighted by molar-refractivity contribution is 5.29. The maximum Gasteiger partial charge on any atom is 0.137 e. The Morgan fingerprint density at radius 1 is 1.05 bits per heavy atom. The van der Waals surface area contributed by atoms with Gasteiger partial charge in [-0.3, -0.25) is 0 Å². The molecule has 0 aromatic heterocycles. The maximum absolute atomic E-state index is 10.2. The number of quaternary nitrogens is 1. The molecule has 3 heteroatoms. The van der Waals surface area contributed by atoms with E-state index in [-0.39, 0.29) is 0 Å². The molecule has 0 radical (unpaired) electrons. The van der Waals surface area contributed by atoms with Crippen LogP contribution in [0.5, 0.6) is 5.75 Å². The van der Waals surface area contributed by atoms with Gasteiger partial charge in [-0.05, 0) is 36.1 Å². The van der Waals surface area contributed by atoms with Crippen LogP contribution in [-0.2, 0) is 6.42 Å². The molecule has 0 aliphatic rings. The summed E-state index contributed by atoms with van der Waals surface area (Å²) in [4.78, 5) is 0. The topological polar surface area (TPSA) is 57.1 Å². The molecule has 1 atom stereocenters. The second-order valence-corrected chi connectivity index (χ2v) is 4.81. The fourth-order valence-corrected chi connectivity index (χ4v) is 2.13. The largest absolute Gasteiger partial charge is 0.488 e. The van der Waals surface area contributed by atoms with Gasteiger partial charge in [-0.25, -0.2) is 0 Å². The molecule has 0 saturated carbocycles. The standard InChI is InChI=1S/C17H21NO2/c18-11-12-20-16-8-4-5-14(13-16)9-10-17(19)15-6-2-1-3-7-15/h1-8,13,17,19H,9-12,18H2/p+1. The molecule has 0 aliphatic heterocycles. The molecule has 2 aromatic carbocycles. The summed E-state index contributed by atoms with van der Waals surface area (Å²) in [5, 5.41) is 10.2. The van der Waals surface area contributed by atoms with E-state index in [0.29, 0.717) is 13.0 Å². The molecule has 0 amide bonds. The number of hydrogen-bond acceptors (Lipinski definition) is 2. The van der Waals surface area contributed by atoms with Gasteiger partial charge in [0, 0.05) is 0 Å². The zero-order chi connectivity index (χ0) is 14.2. The third-order valence-corrected chi connectivity index (χ3v) is 3.20. The normalized spacial score (nSPS) is 12.1. The molecule has 0 heterocycles. The van der Waals surface area contributed by atoms with Crippen LogP contribution in [0.3, 0.4) is 0 Å². The van der Waals surface area contributed by atoms with Gasteiger partial charge in [-0.1, -0.05) is 42.5 Å². The Hall–Kier alpha value is -1.84. The van der Waals surface area contributed by atoms with E-state index in [9.17, 15) is 5.11 Å². The molecule has 3 nitrogen and oxygen atoms in total. The van der Waals surface area contributed by atoms with Crippen molar-refractivity contribution in [2.45, 2.75) is 18.9 Å². The number of aliphatic hydroxyl groups is 1. The van der Waals surface area contributed by atoms with Gasteiger partial charge >= 0.3 is 0 Å². The first-order valence-electron chi connectivity index (χ1n) is 7.03. The lowest BCUT2D eigenvalue weighted by atomic mass is 10.0. The summed E-state index contributed by atoms with van der Waals surface area (Å²) in [6, 6.07) is 17.8. The number of aryl methyl sites for hydroxylation is 1. The highest BCUT2D eigenvalue weighted by Crippen LogP contribution is 2.20. The van der Waals surface area contributed by atoms with Crippen molar-refractivity contribution in [1.82, 2.24) is 0 Å². The van der Waals surface area contributed by atoms with E-state index in [4.69, 9.17) is 4.74 Å². The van der Waals surface area contributed by atoms with E-state index >= 15 is 0 Å². The van der Waals surface area contributed by atoms with Crippen molar-refractivity contribution in [3.05, 3.63) is 65.7 Å². The molecular formula is C17H22NO2+. The molecule has 20 heavy (non-hydrogen) atoms. The lowest BCUT2D eigenvalue weighted by Gasteiger charge is -2.11. The van der Waals surface area contributed by atoms with Gasteiger partial charge in [-0.15, -0.1) is 0 Å². The van der Waals surface area contributed by atoms with Crippen LogP contribution in [0.15, 0.2) is 54.6 Å². The van der Waals surface area contributed by atoms with E-state index in [1.165, 1.54) is 5.56 Å². The van der Waals surface area contributed by atoms with Gasteiger partial charge in [-0.2, -0.15) is 0 Å². The average Bonchev–Trinajstić information content (AvgIpc) is 2.52. The smallest absolute Gasteiger partial charge is 0.137 e. The van der Waals surface area contributed by atoms with E-state index in [1.807, 2.05) is 48.5 Å². The lowest BCUT2D eigenvalue weighted by molar-refractivity contribution is -0.370. The van der Waals surface area contributed by atoms with E-state index < -0.39 is 6.10 Å². The summed E-state index contributed by atoms with van der Waals surface area (Å²) < 4.78 is 5.56. The van der Waals surface area contributed by atoms with Crippen LogP contribution >= 0.6 is 0 Å². The van der Waals surface area contributed by atoms with Gasteiger partial charge in [0.2, 0.25) is 0 Å². The van der Waals surface area contributed by atoms with Crippen LogP contribution in [0.25, 0.3) is 0 Å². The average molecular weight is 272 g/mol. The van der Waals surface area contributed by atoms with Crippen molar-refractivity contribution >= 4 is 0 Å². The first-order chi connectivity index (χ1) is 9.79. The fraction of sp³-hybridized carbons (Fsp3) is 0.294.